The molecule has 0 saturated carbocycles. The van der Waals surface area contributed by atoms with Crippen molar-refractivity contribution >= 4 is 62.3 Å². The molecule has 2 amide bonds. The number of hydrogen-bond donors (Lipinski definition) is 1. The van der Waals surface area contributed by atoms with Crippen LogP contribution in [0, 0.1) is 6.92 Å². The van der Waals surface area contributed by atoms with Gasteiger partial charge in [-0.25, -0.2) is 8.42 Å². The van der Waals surface area contributed by atoms with Gasteiger partial charge in [0.05, 0.1) is 32.8 Å². The van der Waals surface area contributed by atoms with Gasteiger partial charge in [0, 0.05) is 13.1 Å². The van der Waals surface area contributed by atoms with E-state index in [4.69, 9.17) is 39.5 Å². The minimum atomic E-state index is -4.24. The first-order valence-electron chi connectivity index (χ1n) is 12.9. The summed E-state index contributed by atoms with van der Waals surface area (Å²) in [7, 11) is -2.79. The van der Waals surface area contributed by atoms with Crippen LogP contribution in [0.3, 0.4) is 0 Å². The molecule has 0 spiro atoms. The fraction of sp³-hybridized carbons (Fsp3) is 0.310. The Labute approximate surface area is 256 Å². The van der Waals surface area contributed by atoms with Gasteiger partial charge in [-0.3, -0.25) is 13.9 Å². The van der Waals surface area contributed by atoms with E-state index in [9.17, 15) is 18.0 Å². The van der Waals surface area contributed by atoms with Crippen LogP contribution in [-0.4, -0.2) is 51.4 Å². The van der Waals surface area contributed by atoms with Gasteiger partial charge in [-0.1, -0.05) is 65.5 Å². The topological polar surface area (TPSA) is 96.0 Å². The van der Waals surface area contributed by atoms with Crippen molar-refractivity contribution in [3.05, 3.63) is 86.9 Å². The Balaban J connectivity index is 2.11. The van der Waals surface area contributed by atoms with E-state index < -0.39 is 28.5 Å². The third-order valence-electron chi connectivity index (χ3n) is 6.39. The number of ether oxygens (including phenoxy) is 1. The minimum absolute atomic E-state index is 0.00496. The average Bonchev–Trinajstić information content (AvgIpc) is 2.93. The normalized spacial score (nSPS) is 12.0. The Bertz CT molecular complexity index is 1500. The lowest BCUT2D eigenvalue weighted by molar-refractivity contribution is -0.140. The van der Waals surface area contributed by atoms with Crippen LogP contribution in [0.15, 0.2) is 65.6 Å². The van der Waals surface area contributed by atoms with Crippen molar-refractivity contribution in [3.8, 4) is 5.75 Å². The third kappa shape index (κ3) is 7.86. The van der Waals surface area contributed by atoms with Crippen molar-refractivity contribution in [3.63, 3.8) is 0 Å². The molecule has 0 aliphatic rings. The van der Waals surface area contributed by atoms with Crippen molar-refractivity contribution in [2.45, 2.75) is 44.7 Å². The monoisotopic (exact) mass is 639 g/mol. The summed E-state index contributed by atoms with van der Waals surface area (Å²) in [5.74, 6) is -0.612. The molecule has 41 heavy (non-hydrogen) atoms. The summed E-state index contributed by atoms with van der Waals surface area (Å²) in [4.78, 5) is 28.4. The van der Waals surface area contributed by atoms with Gasteiger partial charge in [-0.15, -0.1) is 0 Å². The number of aryl methyl sites for hydroxylation is 1. The summed E-state index contributed by atoms with van der Waals surface area (Å²) in [6.45, 7) is 5.15. The number of rotatable bonds is 12. The number of carbonyl (C=O) groups is 2. The Morgan fingerprint density at radius 3 is 2.17 bits per heavy atom. The molecule has 220 valence electrons. The van der Waals surface area contributed by atoms with E-state index in [1.165, 1.54) is 42.3 Å². The van der Waals surface area contributed by atoms with Crippen molar-refractivity contribution in [1.82, 2.24) is 10.2 Å². The average molecular weight is 641 g/mol. The summed E-state index contributed by atoms with van der Waals surface area (Å²) < 4.78 is 34.1. The third-order valence-corrected chi connectivity index (χ3v) is 9.21. The predicted octanol–water partition coefficient (Wildman–Crippen LogP) is 6.10. The van der Waals surface area contributed by atoms with Crippen molar-refractivity contribution in [2.24, 2.45) is 0 Å². The van der Waals surface area contributed by atoms with Gasteiger partial charge < -0.3 is 15.0 Å². The fourth-order valence-corrected chi connectivity index (χ4v) is 6.20. The SMILES string of the molecule is CCNC(=O)[C@H](CC)N(Cc1ccc(Cl)c(Cl)c1)C(=O)CN(c1ccc(OC)c(Cl)c1)S(=O)(=O)c1ccc(C)cc1. The molecule has 1 atom stereocenters. The molecule has 8 nitrogen and oxygen atoms in total. The number of nitrogens with zero attached hydrogens (tertiary/aromatic N) is 2. The van der Waals surface area contributed by atoms with E-state index in [0.29, 0.717) is 27.9 Å². The smallest absolute Gasteiger partial charge is 0.264 e. The van der Waals surface area contributed by atoms with E-state index in [1.807, 2.05) is 6.92 Å². The highest BCUT2D eigenvalue weighted by Gasteiger charge is 2.34. The Kier molecular flexibility index (Phi) is 11.3. The zero-order chi connectivity index (χ0) is 30.3. The van der Waals surface area contributed by atoms with Crippen molar-refractivity contribution in [2.75, 3.05) is 24.5 Å². The highest BCUT2D eigenvalue weighted by atomic mass is 35.5. The number of likely N-dealkylation sites (N-methyl/N-ethyl adjacent to an activating group) is 1. The van der Waals surface area contributed by atoms with E-state index in [2.05, 4.69) is 5.32 Å². The first-order valence-corrected chi connectivity index (χ1v) is 15.4. The maximum Gasteiger partial charge on any atom is 0.264 e. The van der Waals surface area contributed by atoms with E-state index in [1.54, 1.807) is 44.2 Å². The molecular weight excluding hydrogens is 609 g/mol. The van der Waals surface area contributed by atoms with Crippen LogP contribution in [0.2, 0.25) is 15.1 Å². The molecule has 0 saturated heterocycles. The van der Waals surface area contributed by atoms with E-state index in [-0.39, 0.29) is 34.5 Å². The molecule has 0 aliphatic carbocycles. The molecule has 0 fully saturated rings. The summed E-state index contributed by atoms with van der Waals surface area (Å²) >= 11 is 18.7. The summed E-state index contributed by atoms with van der Waals surface area (Å²) in [6, 6.07) is 14.8. The van der Waals surface area contributed by atoms with Crippen LogP contribution in [0.5, 0.6) is 5.75 Å². The fourth-order valence-electron chi connectivity index (χ4n) is 4.22. The molecule has 0 bridgehead atoms. The van der Waals surface area contributed by atoms with Gasteiger partial charge in [0.15, 0.2) is 0 Å². The number of benzene rings is 3. The number of methoxy groups -OCH3 is 1. The highest BCUT2D eigenvalue weighted by molar-refractivity contribution is 7.92. The van der Waals surface area contributed by atoms with Crippen molar-refractivity contribution < 1.29 is 22.7 Å². The Morgan fingerprint density at radius 2 is 1.61 bits per heavy atom. The molecule has 0 aliphatic heterocycles. The van der Waals surface area contributed by atoms with Crippen LogP contribution < -0.4 is 14.4 Å². The first-order chi connectivity index (χ1) is 19.4. The summed E-state index contributed by atoms with van der Waals surface area (Å²) in [5, 5.41) is 3.57. The second-order valence-corrected chi connectivity index (χ2v) is 12.3. The molecular formula is C29H32Cl3N3O5S. The number of hydrogen-bond acceptors (Lipinski definition) is 5. The first kappa shape index (κ1) is 32.5. The molecule has 0 unspecified atom stereocenters. The second kappa shape index (κ2) is 14.3. The van der Waals surface area contributed by atoms with Crippen molar-refractivity contribution in [1.29, 1.82) is 0 Å². The number of anilines is 1. The zero-order valence-electron chi connectivity index (χ0n) is 23.2. The van der Waals surface area contributed by atoms with Gasteiger partial charge in [0.2, 0.25) is 11.8 Å². The minimum Gasteiger partial charge on any atom is -0.495 e. The molecule has 1 N–H and O–H groups in total. The largest absolute Gasteiger partial charge is 0.495 e. The number of nitrogens with one attached hydrogen (secondary N) is 1. The predicted molar refractivity (Wildman–Crippen MR) is 163 cm³/mol. The standard InChI is InChI=1S/C29H32Cl3N3O5S/c1-5-26(29(37)33-6-2)34(17-20-9-13-23(30)24(31)15-20)28(36)18-35(21-10-14-27(40-4)25(32)16-21)41(38,39)22-11-7-19(3)8-12-22/h7-16,26H,5-6,17-18H2,1-4H3,(H,33,37)/t26-/m0/s1. The lowest BCUT2D eigenvalue weighted by atomic mass is 10.1. The van der Waals surface area contributed by atoms with Crippen LogP contribution in [0.25, 0.3) is 0 Å². The van der Waals surface area contributed by atoms with Gasteiger partial charge in [0.1, 0.15) is 18.3 Å². The van der Waals surface area contributed by atoms with E-state index >= 15 is 0 Å². The van der Waals surface area contributed by atoms with Crippen LogP contribution in [-0.2, 0) is 26.2 Å². The Morgan fingerprint density at radius 1 is 0.927 bits per heavy atom. The number of amides is 2. The summed E-state index contributed by atoms with van der Waals surface area (Å²) in [6.07, 6.45) is 0.290. The van der Waals surface area contributed by atoms with Gasteiger partial charge in [-0.2, -0.15) is 0 Å². The van der Waals surface area contributed by atoms with Crippen LogP contribution >= 0.6 is 34.8 Å². The maximum atomic E-state index is 14.1. The number of sulfonamides is 1. The molecule has 12 heteroatoms. The molecule has 3 aromatic rings. The lowest BCUT2D eigenvalue weighted by Crippen LogP contribution is -2.52. The van der Waals surface area contributed by atoms with Gasteiger partial charge in [-0.05, 0) is 68.3 Å². The number of carbonyl (C=O) groups excluding carboxylic acids is 2. The molecule has 3 rings (SSSR count). The molecule has 0 aromatic heterocycles. The van der Waals surface area contributed by atoms with Gasteiger partial charge >= 0.3 is 0 Å². The van der Waals surface area contributed by atoms with Crippen LogP contribution in [0.4, 0.5) is 5.69 Å². The Hall–Kier alpha value is -2.98. The van der Waals surface area contributed by atoms with Crippen LogP contribution in [0.1, 0.15) is 31.4 Å². The summed E-state index contributed by atoms with van der Waals surface area (Å²) in [5.41, 5.74) is 1.65. The second-order valence-electron chi connectivity index (χ2n) is 9.23. The lowest BCUT2D eigenvalue weighted by Gasteiger charge is -2.33. The van der Waals surface area contributed by atoms with Gasteiger partial charge in [0.25, 0.3) is 10.0 Å². The van der Waals surface area contributed by atoms with E-state index in [0.717, 1.165) is 9.87 Å². The number of halogens is 3. The maximum absolute atomic E-state index is 14.1. The molecule has 0 radical (unpaired) electrons. The molecule has 3 aromatic carbocycles. The highest BCUT2D eigenvalue weighted by Crippen LogP contribution is 2.32. The zero-order valence-corrected chi connectivity index (χ0v) is 26.2. The molecule has 0 heterocycles. The quantitative estimate of drug-likeness (QED) is 0.258.